The molecule has 3 heteroatoms. The number of hydrogen-bond donors (Lipinski definition) is 0. The van der Waals surface area contributed by atoms with Crippen molar-refractivity contribution in [1.29, 1.82) is 0 Å². The summed E-state index contributed by atoms with van der Waals surface area (Å²) in [4.78, 5) is 10.8. The summed E-state index contributed by atoms with van der Waals surface area (Å²) in [7, 11) is 0. The fourth-order valence-corrected chi connectivity index (χ4v) is 4.11. The number of benzene rings is 2. The fourth-order valence-electron chi connectivity index (χ4n) is 4.11. The van der Waals surface area contributed by atoms with E-state index < -0.39 is 0 Å². The highest BCUT2D eigenvalue weighted by atomic mass is 16.6. The van der Waals surface area contributed by atoms with E-state index in [1.54, 1.807) is 12.1 Å². The first kappa shape index (κ1) is 14.2. The lowest BCUT2D eigenvalue weighted by molar-refractivity contribution is -0.385. The van der Waals surface area contributed by atoms with Gasteiger partial charge in [0.2, 0.25) is 0 Å². The zero-order valence-electron chi connectivity index (χ0n) is 13.4. The first-order valence-electron chi connectivity index (χ1n) is 8.12. The van der Waals surface area contributed by atoms with Crippen molar-refractivity contribution in [2.75, 3.05) is 0 Å². The molecule has 2 aliphatic rings. The second-order valence-corrected chi connectivity index (χ2v) is 7.05. The van der Waals surface area contributed by atoms with Crippen molar-refractivity contribution in [2.45, 2.75) is 38.5 Å². The van der Waals surface area contributed by atoms with Gasteiger partial charge in [-0.05, 0) is 57.3 Å². The number of nitrogens with zero attached hydrogens (tertiary/aromatic N) is 1. The Labute approximate surface area is 134 Å². The number of fused-ring (bicyclic) bond motifs is 4. The zero-order valence-corrected chi connectivity index (χ0v) is 13.4. The van der Waals surface area contributed by atoms with Crippen LogP contribution in [-0.4, -0.2) is 4.92 Å². The van der Waals surface area contributed by atoms with E-state index in [1.807, 2.05) is 6.07 Å². The molecule has 0 atom stereocenters. The van der Waals surface area contributed by atoms with Crippen molar-refractivity contribution in [1.82, 2.24) is 0 Å². The Morgan fingerprint density at radius 2 is 1.87 bits per heavy atom. The quantitative estimate of drug-likeness (QED) is 0.600. The SMILES string of the molecule is CC1(C)C=c2cc([N+](=O)[O-])ccc2=c2ccc3c(c21)CCCC=3. The normalized spacial score (nSPS) is 17.1. The van der Waals surface area contributed by atoms with Gasteiger partial charge in [-0.3, -0.25) is 10.1 Å². The molecule has 2 aliphatic carbocycles. The van der Waals surface area contributed by atoms with E-state index in [0.29, 0.717) is 0 Å². The standard InChI is InChI=1S/C20H19NO2/c1-20(2)12-14-11-15(21(22)23)8-10-16(14)18-9-7-13-5-3-4-6-17(13)19(18)20/h5,7-12H,3-4,6H2,1-2H3. The molecule has 0 aliphatic heterocycles. The summed E-state index contributed by atoms with van der Waals surface area (Å²) in [6, 6.07) is 9.61. The topological polar surface area (TPSA) is 43.1 Å². The van der Waals surface area contributed by atoms with Crippen LogP contribution in [0.2, 0.25) is 0 Å². The largest absolute Gasteiger partial charge is 0.270 e. The van der Waals surface area contributed by atoms with Crippen molar-refractivity contribution in [3.8, 4) is 0 Å². The first-order chi connectivity index (χ1) is 11.0. The number of rotatable bonds is 1. The molecule has 0 fully saturated rings. The Balaban J connectivity index is 2.21. The summed E-state index contributed by atoms with van der Waals surface area (Å²) in [5.41, 5.74) is 2.89. The maximum atomic E-state index is 11.1. The molecule has 0 bridgehead atoms. The Kier molecular flexibility index (Phi) is 2.95. The summed E-state index contributed by atoms with van der Waals surface area (Å²) >= 11 is 0. The average molecular weight is 305 g/mol. The smallest absolute Gasteiger partial charge is 0.258 e. The highest BCUT2D eigenvalue weighted by molar-refractivity contribution is 5.56. The van der Waals surface area contributed by atoms with Crippen LogP contribution in [0.25, 0.3) is 12.2 Å². The van der Waals surface area contributed by atoms with Gasteiger partial charge in [0.25, 0.3) is 5.69 Å². The van der Waals surface area contributed by atoms with Crippen LogP contribution in [0.15, 0.2) is 30.3 Å². The van der Waals surface area contributed by atoms with E-state index in [0.717, 1.165) is 23.3 Å². The van der Waals surface area contributed by atoms with Crippen molar-refractivity contribution >= 4 is 17.8 Å². The molecule has 0 saturated carbocycles. The van der Waals surface area contributed by atoms with Gasteiger partial charge < -0.3 is 0 Å². The van der Waals surface area contributed by atoms with Gasteiger partial charge in [0.05, 0.1) is 4.92 Å². The molecule has 0 unspecified atom stereocenters. The number of nitro benzene ring substituents is 1. The molecule has 23 heavy (non-hydrogen) atoms. The first-order valence-corrected chi connectivity index (χ1v) is 8.12. The van der Waals surface area contributed by atoms with Crippen molar-refractivity contribution in [3.05, 3.63) is 72.4 Å². The van der Waals surface area contributed by atoms with Gasteiger partial charge in [0, 0.05) is 17.5 Å². The molecule has 0 aromatic heterocycles. The monoisotopic (exact) mass is 305 g/mol. The molecule has 0 amide bonds. The third-order valence-corrected chi connectivity index (χ3v) is 5.04. The van der Waals surface area contributed by atoms with Crippen LogP contribution in [0.1, 0.15) is 37.8 Å². The Morgan fingerprint density at radius 1 is 1.09 bits per heavy atom. The van der Waals surface area contributed by atoms with Crippen molar-refractivity contribution in [3.63, 3.8) is 0 Å². The summed E-state index contributed by atoms with van der Waals surface area (Å²) in [5, 5.41) is 15.7. The molecule has 3 nitrogen and oxygen atoms in total. The summed E-state index contributed by atoms with van der Waals surface area (Å²) in [6.45, 7) is 4.42. The molecular formula is C20H19NO2. The van der Waals surface area contributed by atoms with E-state index in [9.17, 15) is 10.1 Å². The number of non-ortho nitro benzene ring substituents is 1. The van der Waals surface area contributed by atoms with Crippen molar-refractivity contribution < 1.29 is 4.92 Å². The Hall–Kier alpha value is -2.42. The molecule has 2 aromatic carbocycles. The van der Waals surface area contributed by atoms with E-state index in [-0.39, 0.29) is 16.0 Å². The Morgan fingerprint density at radius 3 is 2.65 bits per heavy atom. The second kappa shape index (κ2) is 4.79. The van der Waals surface area contributed by atoms with Crippen LogP contribution in [0.3, 0.4) is 0 Å². The summed E-state index contributed by atoms with van der Waals surface area (Å²) < 4.78 is 0. The lowest BCUT2D eigenvalue weighted by Crippen LogP contribution is -2.29. The number of hydrogen-bond acceptors (Lipinski definition) is 2. The van der Waals surface area contributed by atoms with E-state index in [2.05, 4.69) is 38.1 Å². The molecule has 4 rings (SSSR count). The third-order valence-electron chi connectivity index (χ3n) is 5.04. The molecular weight excluding hydrogens is 286 g/mol. The van der Waals surface area contributed by atoms with Gasteiger partial charge in [-0.25, -0.2) is 0 Å². The molecule has 2 aromatic rings. The van der Waals surface area contributed by atoms with E-state index in [4.69, 9.17) is 0 Å². The molecule has 116 valence electrons. The lowest BCUT2D eigenvalue weighted by atomic mass is 9.75. The second-order valence-electron chi connectivity index (χ2n) is 7.05. The highest BCUT2D eigenvalue weighted by Gasteiger charge is 2.26. The van der Waals surface area contributed by atoms with Gasteiger partial charge in [0.1, 0.15) is 0 Å². The predicted molar refractivity (Wildman–Crippen MR) is 91.4 cm³/mol. The van der Waals surface area contributed by atoms with Crippen LogP contribution in [0.5, 0.6) is 0 Å². The lowest BCUT2D eigenvalue weighted by Gasteiger charge is -2.29. The average Bonchev–Trinajstić information content (AvgIpc) is 2.53. The van der Waals surface area contributed by atoms with Crippen LogP contribution >= 0.6 is 0 Å². The van der Waals surface area contributed by atoms with Gasteiger partial charge in [-0.2, -0.15) is 0 Å². The fraction of sp³-hybridized carbons (Fsp3) is 0.300. The van der Waals surface area contributed by atoms with Gasteiger partial charge in [-0.1, -0.05) is 38.1 Å². The summed E-state index contributed by atoms with van der Waals surface area (Å²) in [6.07, 6.45) is 7.99. The maximum Gasteiger partial charge on any atom is 0.270 e. The van der Waals surface area contributed by atoms with Crippen LogP contribution in [0, 0.1) is 20.6 Å². The minimum absolute atomic E-state index is 0.117. The van der Waals surface area contributed by atoms with Gasteiger partial charge in [-0.15, -0.1) is 0 Å². The van der Waals surface area contributed by atoms with E-state index >= 15 is 0 Å². The Bertz CT molecular complexity index is 1050. The minimum atomic E-state index is -0.321. The van der Waals surface area contributed by atoms with Gasteiger partial charge >= 0.3 is 0 Å². The van der Waals surface area contributed by atoms with Crippen LogP contribution < -0.4 is 10.4 Å². The minimum Gasteiger partial charge on any atom is -0.258 e. The van der Waals surface area contributed by atoms with E-state index in [1.165, 1.54) is 28.0 Å². The molecule has 0 saturated heterocycles. The number of nitro groups is 1. The molecule has 0 N–H and O–H groups in total. The maximum absolute atomic E-state index is 11.1. The molecule has 0 spiro atoms. The third kappa shape index (κ3) is 2.11. The van der Waals surface area contributed by atoms with Crippen LogP contribution in [-0.2, 0) is 11.8 Å². The predicted octanol–water partition coefficient (Wildman–Crippen LogP) is 3.07. The highest BCUT2D eigenvalue weighted by Crippen LogP contribution is 2.32. The van der Waals surface area contributed by atoms with Crippen LogP contribution in [0.4, 0.5) is 5.69 Å². The van der Waals surface area contributed by atoms with Gasteiger partial charge in [0.15, 0.2) is 0 Å². The summed E-state index contributed by atoms with van der Waals surface area (Å²) in [5.74, 6) is 0. The zero-order chi connectivity index (χ0) is 16.2. The molecule has 0 heterocycles. The van der Waals surface area contributed by atoms with Crippen molar-refractivity contribution in [2.24, 2.45) is 0 Å². The molecule has 0 radical (unpaired) electrons.